The predicted molar refractivity (Wildman–Crippen MR) is 133 cm³/mol. The molecule has 3 aromatic rings. The zero-order valence-corrected chi connectivity index (χ0v) is 19.3. The Bertz CT molecular complexity index is 1110. The van der Waals surface area contributed by atoms with E-state index in [1.807, 2.05) is 24.3 Å². The summed E-state index contributed by atoms with van der Waals surface area (Å²) in [5.74, 6) is 0.879. The Morgan fingerprint density at radius 2 is 1.82 bits per heavy atom. The van der Waals surface area contributed by atoms with E-state index in [0.717, 1.165) is 37.4 Å². The first kappa shape index (κ1) is 21.4. The highest BCUT2D eigenvalue weighted by atomic mass is 16.5. The van der Waals surface area contributed by atoms with E-state index >= 15 is 0 Å². The van der Waals surface area contributed by atoms with Gasteiger partial charge in [0, 0.05) is 43.6 Å². The van der Waals surface area contributed by atoms with E-state index in [0.29, 0.717) is 6.54 Å². The summed E-state index contributed by atoms with van der Waals surface area (Å²) in [6, 6.07) is 25.2. The molecule has 5 heteroatoms. The van der Waals surface area contributed by atoms with Gasteiger partial charge in [0.1, 0.15) is 5.75 Å². The van der Waals surface area contributed by atoms with Crippen LogP contribution in [0.2, 0.25) is 0 Å². The number of hydrogen-bond acceptors (Lipinski definition) is 4. The van der Waals surface area contributed by atoms with E-state index < -0.39 is 0 Å². The Morgan fingerprint density at radius 3 is 2.58 bits per heavy atom. The minimum absolute atomic E-state index is 0.107. The van der Waals surface area contributed by atoms with Gasteiger partial charge in [0.25, 0.3) is 0 Å². The average molecular weight is 442 g/mol. The molecule has 170 valence electrons. The lowest BCUT2D eigenvalue weighted by atomic mass is 9.83. The SMILES string of the molecule is COc1ccc2c(c1)N1CCN(c3ccc(C)cc3)C[C@@H]1[C@@H](C(=O)NCc1ccccc1)C2. The lowest BCUT2D eigenvalue weighted by Crippen LogP contribution is -2.61. The van der Waals surface area contributed by atoms with Crippen molar-refractivity contribution in [1.29, 1.82) is 0 Å². The number of piperazine rings is 1. The van der Waals surface area contributed by atoms with E-state index in [-0.39, 0.29) is 17.9 Å². The van der Waals surface area contributed by atoms with E-state index in [2.05, 4.69) is 70.6 Å². The highest BCUT2D eigenvalue weighted by Gasteiger charge is 2.41. The average Bonchev–Trinajstić information content (AvgIpc) is 2.87. The van der Waals surface area contributed by atoms with E-state index in [4.69, 9.17) is 4.74 Å². The maximum absolute atomic E-state index is 13.5. The van der Waals surface area contributed by atoms with Crippen LogP contribution in [0.15, 0.2) is 72.8 Å². The van der Waals surface area contributed by atoms with Crippen molar-refractivity contribution in [1.82, 2.24) is 5.32 Å². The molecule has 0 aromatic heterocycles. The van der Waals surface area contributed by atoms with Gasteiger partial charge < -0.3 is 19.9 Å². The molecular formula is C28H31N3O2. The number of fused-ring (bicyclic) bond motifs is 3. The lowest BCUT2D eigenvalue weighted by Gasteiger charge is -2.49. The van der Waals surface area contributed by atoms with Crippen LogP contribution in [0.25, 0.3) is 0 Å². The molecule has 1 fully saturated rings. The second-order valence-electron chi connectivity index (χ2n) is 9.05. The predicted octanol–water partition coefficient (Wildman–Crippen LogP) is 4.19. The van der Waals surface area contributed by atoms with E-state index in [1.54, 1.807) is 7.11 Å². The number of nitrogens with zero attached hydrogens (tertiary/aromatic N) is 2. The Morgan fingerprint density at radius 1 is 1.03 bits per heavy atom. The number of ether oxygens (including phenoxy) is 1. The minimum Gasteiger partial charge on any atom is -0.497 e. The van der Waals surface area contributed by atoms with Crippen LogP contribution < -0.4 is 19.9 Å². The van der Waals surface area contributed by atoms with Gasteiger partial charge in [-0.1, -0.05) is 54.1 Å². The Labute approximate surface area is 196 Å². The summed E-state index contributed by atoms with van der Waals surface area (Å²) in [5.41, 5.74) is 6.02. The van der Waals surface area contributed by atoms with E-state index in [1.165, 1.54) is 22.5 Å². The first-order valence-electron chi connectivity index (χ1n) is 11.7. The third kappa shape index (κ3) is 4.40. The van der Waals surface area contributed by atoms with Crippen molar-refractivity contribution < 1.29 is 9.53 Å². The van der Waals surface area contributed by atoms with Crippen molar-refractivity contribution in [2.75, 3.05) is 36.5 Å². The molecular weight excluding hydrogens is 410 g/mol. The minimum atomic E-state index is -0.108. The number of amides is 1. The molecule has 2 aliphatic heterocycles. The zero-order chi connectivity index (χ0) is 22.8. The van der Waals surface area contributed by atoms with Gasteiger partial charge in [0.15, 0.2) is 0 Å². The van der Waals surface area contributed by atoms with Crippen molar-refractivity contribution in [2.45, 2.75) is 25.9 Å². The van der Waals surface area contributed by atoms with Gasteiger partial charge in [-0.05, 0) is 42.7 Å². The van der Waals surface area contributed by atoms with Gasteiger partial charge in [-0.25, -0.2) is 0 Å². The van der Waals surface area contributed by atoms with Gasteiger partial charge in [-0.15, -0.1) is 0 Å². The Hall–Kier alpha value is -3.47. The molecule has 1 N–H and O–H groups in total. The van der Waals surface area contributed by atoms with Crippen molar-refractivity contribution in [3.8, 4) is 5.75 Å². The molecule has 0 unspecified atom stereocenters. The number of benzene rings is 3. The third-order valence-corrected chi connectivity index (χ3v) is 6.97. The van der Waals surface area contributed by atoms with Gasteiger partial charge in [-0.2, -0.15) is 0 Å². The fourth-order valence-electron chi connectivity index (χ4n) is 5.11. The van der Waals surface area contributed by atoms with E-state index in [9.17, 15) is 4.79 Å². The van der Waals surface area contributed by atoms with Crippen LogP contribution in [-0.2, 0) is 17.8 Å². The maximum Gasteiger partial charge on any atom is 0.225 e. The smallest absolute Gasteiger partial charge is 0.225 e. The van der Waals surface area contributed by atoms with Crippen LogP contribution in [0.5, 0.6) is 5.75 Å². The van der Waals surface area contributed by atoms with Crippen molar-refractivity contribution >= 4 is 17.3 Å². The number of hydrogen-bond donors (Lipinski definition) is 1. The van der Waals surface area contributed by atoms with Crippen LogP contribution in [0.4, 0.5) is 11.4 Å². The topological polar surface area (TPSA) is 44.8 Å². The molecule has 2 atom stereocenters. The zero-order valence-electron chi connectivity index (χ0n) is 19.3. The first-order chi connectivity index (χ1) is 16.1. The maximum atomic E-state index is 13.5. The third-order valence-electron chi connectivity index (χ3n) is 6.97. The standard InChI is InChI=1S/C28H31N3O2/c1-20-8-11-23(12-9-20)30-14-15-31-26-17-24(33-2)13-10-22(26)16-25(27(31)19-30)28(32)29-18-21-6-4-3-5-7-21/h3-13,17,25,27H,14-16,18-19H2,1-2H3,(H,29,32)/t25-,27+/m0/s1. The van der Waals surface area contributed by atoms with Crippen molar-refractivity contribution in [2.24, 2.45) is 5.92 Å². The molecule has 1 amide bonds. The normalized spacial score (nSPS) is 19.5. The molecule has 3 aromatic carbocycles. The molecule has 5 nitrogen and oxygen atoms in total. The summed E-state index contributed by atoms with van der Waals surface area (Å²) in [6.07, 6.45) is 0.739. The lowest BCUT2D eigenvalue weighted by molar-refractivity contribution is -0.126. The number of rotatable bonds is 5. The second-order valence-corrected chi connectivity index (χ2v) is 9.05. The molecule has 0 radical (unpaired) electrons. The van der Waals surface area contributed by atoms with Crippen LogP contribution in [0, 0.1) is 12.8 Å². The molecule has 2 aliphatic rings. The quantitative estimate of drug-likeness (QED) is 0.645. The fraction of sp³-hybridized carbons (Fsp3) is 0.321. The highest BCUT2D eigenvalue weighted by molar-refractivity contribution is 5.82. The fourth-order valence-corrected chi connectivity index (χ4v) is 5.11. The summed E-state index contributed by atoms with van der Waals surface area (Å²) in [4.78, 5) is 18.3. The summed E-state index contributed by atoms with van der Waals surface area (Å²) in [5, 5.41) is 3.21. The van der Waals surface area contributed by atoms with Crippen LogP contribution in [-0.4, -0.2) is 38.7 Å². The number of carbonyl (C=O) groups excluding carboxylic acids is 1. The Kier molecular flexibility index (Phi) is 5.95. The van der Waals surface area contributed by atoms with Crippen LogP contribution >= 0.6 is 0 Å². The largest absolute Gasteiger partial charge is 0.497 e. The molecule has 33 heavy (non-hydrogen) atoms. The van der Waals surface area contributed by atoms with Gasteiger partial charge in [-0.3, -0.25) is 4.79 Å². The van der Waals surface area contributed by atoms with Gasteiger partial charge >= 0.3 is 0 Å². The number of carbonyl (C=O) groups is 1. The number of methoxy groups -OCH3 is 1. The highest BCUT2D eigenvalue weighted by Crippen LogP contribution is 2.39. The van der Waals surface area contributed by atoms with Crippen LogP contribution in [0.1, 0.15) is 16.7 Å². The van der Waals surface area contributed by atoms with Gasteiger partial charge in [0.05, 0.1) is 19.1 Å². The summed E-state index contributed by atoms with van der Waals surface area (Å²) >= 11 is 0. The summed E-state index contributed by atoms with van der Waals surface area (Å²) in [6.45, 7) is 5.29. The number of nitrogens with one attached hydrogen (secondary N) is 1. The molecule has 0 saturated carbocycles. The second kappa shape index (κ2) is 9.18. The molecule has 2 heterocycles. The molecule has 0 bridgehead atoms. The number of anilines is 2. The first-order valence-corrected chi connectivity index (χ1v) is 11.7. The molecule has 5 rings (SSSR count). The van der Waals surface area contributed by atoms with Crippen molar-refractivity contribution in [3.63, 3.8) is 0 Å². The van der Waals surface area contributed by atoms with Crippen LogP contribution in [0.3, 0.4) is 0 Å². The Balaban J connectivity index is 1.42. The monoisotopic (exact) mass is 441 g/mol. The molecule has 0 aliphatic carbocycles. The molecule has 1 saturated heterocycles. The summed E-state index contributed by atoms with van der Waals surface area (Å²) in [7, 11) is 1.71. The van der Waals surface area contributed by atoms with Gasteiger partial charge in [0.2, 0.25) is 5.91 Å². The summed E-state index contributed by atoms with van der Waals surface area (Å²) < 4.78 is 5.51. The van der Waals surface area contributed by atoms with Crippen molar-refractivity contribution in [3.05, 3.63) is 89.5 Å². The number of aryl methyl sites for hydroxylation is 1. The molecule has 0 spiro atoms.